The van der Waals surface area contributed by atoms with Crippen molar-refractivity contribution >= 4 is 23.5 Å². The molecule has 1 unspecified atom stereocenters. The molecule has 0 aromatic heterocycles. The minimum absolute atomic E-state index is 0.342. The van der Waals surface area contributed by atoms with E-state index in [1.165, 1.54) is 0 Å². The van der Waals surface area contributed by atoms with Crippen LogP contribution in [0.15, 0.2) is 24.3 Å². The van der Waals surface area contributed by atoms with E-state index in [-0.39, 0.29) is 5.91 Å². The predicted octanol–water partition coefficient (Wildman–Crippen LogP) is 2.41. The average molecular weight is 270 g/mol. The third-order valence-electron chi connectivity index (χ3n) is 2.27. The fourth-order valence-corrected chi connectivity index (χ4v) is 1.53. The summed E-state index contributed by atoms with van der Waals surface area (Å²) in [5.74, 6) is -0.834. The summed E-state index contributed by atoms with van der Waals surface area (Å²) < 4.78 is 4.93. The van der Waals surface area contributed by atoms with Crippen LogP contribution in [-0.4, -0.2) is 24.5 Å². The van der Waals surface area contributed by atoms with Gasteiger partial charge in [0.05, 0.1) is 17.2 Å². The maximum absolute atomic E-state index is 11.9. The average Bonchev–Trinajstić information content (AvgIpc) is 2.36. The third kappa shape index (κ3) is 4.04. The SMILES string of the molecule is CCCOC(=O)C(C)NC(=O)c1ccccc1Cl. The quantitative estimate of drug-likeness (QED) is 0.835. The molecular formula is C13H16ClNO3. The van der Waals surface area contributed by atoms with Crippen LogP contribution in [0.4, 0.5) is 0 Å². The van der Waals surface area contributed by atoms with E-state index in [4.69, 9.17) is 16.3 Å². The second-order valence-corrected chi connectivity index (χ2v) is 4.25. The number of carbonyl (C=O) groups is 2. The lowest BCUT2D eigenvalue weighted by Crippen LogP contribution is -2.39. The maximum atomic E-state index is 11.9. The van der Waals surface area contributed by atoms with Crippen LogP contribution in [0.3, 0.4) is 0 Å². The lowest BCUT2D eigenvalue weighted by Gasteiger charge is -2.13. The van der Waals surface area contributed by atoms with Crippen molar-refractivity contribution in [1.29, 1.82) is 0 Å². The molecule has 0 heterocycles. The normalized spacial score (nSPS) is 11.7. The molecule has 4 nitrogen and oxygen atoms in total. The van der Waals surface area contributed by atoms with Gasteiger partial charge in [-0.3, -0.25) is 4.79 Å². The standard InChI is InChI=1S/C13H16ClNO3/c1-3-8-18-13(17)9(2)15-12(16)10-6-4-5-7-11(10)14/h4-7,9H,3,8H2,1-2H3,(H,15,16). The molecule has 0 bridgehead atoms. The maximum Gasteiger partial charge on any atom is 0.328 e. The van der Waals surface area contributed by atoms with E-state index in [1.807, 2.05) is 6.92 Å². The highest BCUT2D eigenvalue weighted by Gasteiger charge is 2.18. The van der Waals surface area contributed by atoms with Gasteiger partial charge in [0.2, 0.25) is 0 Å². The Labute approximate surface area is 111 Å². The molecule has 0 aliphatic rings. The van der Waals surface area contributed by atoms with Crippen molar-refractivity contribution in [3.05, 3.63) is 34.9 Å². The Morgan fingerprint density at radius 1 is 1.39 bits per heavy atom. The number of rotatable bonds is 5. The van der Waals surface area contributed by atoms with E-state index < -0.39 is 12.0 Å². The first-order valence-corrected chi connectivity index (χ1v) is 6.16. The minimum Gasteiger partial charge on any atom is -0.464 e. The van der Waals surface area contributed by atoms with Crippen LogP contribution in [0, 0.1) is 0 Å². The number of amides is 1. The van der Waals surface area contributed by atoms with Crippen molar-refractivity contribution < 1.29 is 14.3 Å². The van der Waals surface area contributed by atoms with Gasteiger partial charge >= 0.3 is 5.97 Å². The molecule has 0 spiro atoms. The zero-order valence-electron chi connectivity index (χ0n) is 10.4. The van der Waals surface area contributed by atoms with Gasteiger partial charge in [-0.15, -0.1) is 0 Å². The number of halogens is 1. The Balaban J connectivity index is 2.60. The fourth-order valence-electron chi connectivity index (χ4n) is 1.31. The molecule has 0 aliphatic heterocycles. The Bertz CT molecular complexity index is 434. The second kappa shape index (κ2) is 7.01. The van der Waals surface area contributed by atoms with Crippen LogP contribution >= 0.6 is 11.6 Å². The second-order valence-electron chi connectivity index (χ2n) is 3.84. The van der Waals surface area contributed by atoms with Crippen molar-refractivity contribution in [3.8, 4) is 0 Å². The van der Waals surface area contributed by atoms with Gasteiger partial charge in [0.15, 0.2) is 0 Å². The van der Waals surface area contributed by atoms with Gasteiger partial charge in [0, 0.05) is 0 Å². The first-order valence-electron chi connectivity index (χ1n) is 5.78. The van der Waals surface area contributed by atoms with Gasteiger partial charge in [0.25, 0.3) is 5.91 Å². The monoisotopic (exact) mass is 269 g/mol. The number of benzene rings is 1. The summed E-state index contributed by atoms with van der Waals surface area (Å²) in [5, 5.41) is 2.90. The van der Waals surface area contributed by atoms with Gasteiger partial charge in [0.1, 0.15) is 6.04 Å². The van der Waals surface area contributed by atoms with Crippen LogP contribution in [0.5, 0.6) is 0 Å². The number of esters is 1. The minimum atomic E-state index is -0.694. The highest BCUT2D eigenvalue weighted by Crippen LogP contribution is 2.14. The van der Waals surface area contributed by atoms with Crippen molar-refractivity contribution in [2.45, 2.75) is 26.3 Å². The Morgan fingerprint density at radius 2 is 2.06 bits per heavy atom. The molecule has 1 atom stereocenters. The third-order valence-corrected chi connectivity index (χ3v) is 2.60. The van der Waals surface area contributed by atoms with E-state index in [9.17, 15) is 9.59 Å². The molecule has 0 saturated heterocycles. The molecule has 0 radical (unpaired) electrons. The fraction of sp³-hybridized carbons (Fsp3) is 0.385. The first-order chi connectivity index (χ1) is 8.56. The van der Waals surface area contributed by atoms with Crippen LogP contribution in [0.2, 0.25) is 5.02 Å². The summed E-state index contributed by atoms with van der Waals surface area (Å²) in [4.78, 5) is 23.3. The topological polar surface area (TPSA) is 55.4 Å². The molecule has 0 aliphatic carbocycles. The van der Waals surface area contributed by atoms with Crippen molar-refractivity contribution in [2.24, 2.45) is 0 Å². The Hall–Kier alpha value is -1.55. The molecule has 1 aromatic rings. The number of carbonyl (C=O) groups excluding carboxylic acids is 2. The van der Waals surface area contributed by atoms with Crippen molar-refractivity contribution in [2.75, 3.05) is 6.61 Å². The Morgan fingerprint density at radius 3 is 2.67 bits per heavy atom. The zero-order valence-corrected chi connectivity index (χ0v) is 11.2. The smallest absolute Gasteiger partial charge is 0.328 e. The zero-order chi connectivity index (χ0) is 13.5. The molecule has 18 heavy (non-hydrogen) atoms. The van der Waals surface area contributed by atoms with E-state index in [2.05, 4.69) is 5.32 Å². The van der Waals surface area contributed by atoms with E-state index in [0.717, 1.165) is 6.42 Å². The molecule has 1 rings (SSSR count). The lowest BCUT2D eigenvalue weighted by molar-refractivity contribution is -0.145. The van der Waals surface area contributed by atoms with Crippen molar-refractivity contribution in [3.63, 3.8) is 0 Å². The van der Waals surface area contributed by atoms with E-state index in [0.29, 0.717) is 17.2 Å². The van der Waals surface area contributed by atoms with Gasteiger partial charge in [-0.25, -0.2) is 4.79 Å². The van der Waals surface area contributed by atoms with Gasteiger partial charge < -0.3 is 10.1 Å². The van der Waals surface area contributed by atoms with Gasteiger partial charge in [-0.05, 0) is 25.5 Å². The molecule has 0 saturated carbocycles. The lowest BCUT2D eigenvalue weighted by atomic mass is 10.2. The predicted molar refractivity (Wildman–Crippen MR) is 69.6 cm³/mol. The highest BCUT2D eigenvalue weighted by molar-refractivity contribution is 6.33. The summed E-state index contributed by atoms with van der Waals surface area (Å²) in [5.41, 5.74) is 0.342. The van der Waals surface area contributed by atoms with Crippen LogP contribution in [0.25, 0.3) is 0 Å². The number of hydrogen-bond acceptors (Lipinski definition) is 3. The van der Waals surface area contributed by atoms with Crippen LogP contribution in [-0.2, 0) is 9.53 Å². The number of nitrogens with one attached hydrogen (secondary N) is 1. The molecule has 1 N–H and O–H groups in total. The van der Waals surface area contributed by atoms with Gasteiger partial charge in [-0.1, -0.05) is 30.7 Å². The van der Waals surface area contributed by atoms with Crippen LogP contribution < -0.4 is 5.32 Å². The molecule has 1 aromatic carbocycles. The van der Waals surface area contributed by atoms with Crippen molar-refractivity contribution in [1.82, 2.24) is 5.32 Å². The first kappa shape index (κ1) is 14.5. The van der Waals surface area contributed by atoms with Gasteiger partial charge in [-0.2, -0.15) is 0 Å². The summed E-state index contributed by atoms with van der Waals surface area (Å²) in [6, 6.07) is 5.97. The largest absolute Gasteiger partial charge is 0.464 e. The number of ether oxygens (including phenoxy) is 1. The summed E-state index contributed by atoms with van der Waals surface area (Å²) in [6.07, 6.45) is 0.747. The summed E-state index contributed by atoms with van der Waals surface area (Å²) in [7, 11) is 0. The molecule has 0 fully saturated rings. The summed E-state index contributed by atoms with van der Waals surface area (Å²) >= 11 is 5.89. The number of hydrogen-bond donors (Lipinski definition) is 1. The van der Waals surface area contributed by atoms with E-state index in [1.54, 1.807) is 31.2 Å². The molecule has 5 heteroatoms. The molecule has 98 valence electrons. The Kier molecular flexibility index (Phi) is 5.65. The van der Waals surface area contributed by atoms with E-state index >= 15 is 0 Å². The van der Waals surface area contributed by atoms with Crippen LogP contribution in [0.1, 0.15) is 30.6 Å². The molecular weight excluding hydrogens is 254 g/mol. The summed E-state index contributed by atoms with van der Waals surface area (Å²) in [6.45, 7) is 3.83. The highest BCUT2D eigenvalue weighted by atomic mass is 35.5. The molecule has 1 amide bonds.